The molecule has 0 N–H and O–H groups in total. The molecule has 0 aliphatic rings. The molecule has 0 fully saturated rings. The lowest BCUT2D eigenvalue weighted by Gasteiger charge is -1.98. The zero-order chi connectivity index (χ0) is 6.97. The summed E-state index contributed by atoms with van der Waals surface area (Å²) in [5.74, 6) is 1.05. The van der Waals surface area contributed by atoms with Crippen LogP contribution >= 0.6 is 11.3 Å². The predicted molar refractivity (Wildman–Crippen MR) is 44.2 cm³/mol. The fourth-order valence-corrected chi connectivity index (χ4v) is 1.94. The molecule has 1 nitrogen and oxygen atoms in total. The van der Waals surface area contributed by atoms with E-state index in [4.69, 9.17) is 4.74 Å². The van der Waals surface area contributed by atoms with Gasteiger partial charge in [0.05, 0.1) is 11.3 Å². The molecule has 2 heteroatoms. The maximum absolute atomic E-state index is 5.37. The standard InChI is InChI=1S/C8H8OS/c1-2-9-7-5-6-3-4-8(7)10-6/h3-5H,2H2,1H3. The molecular formula is C8H8OS. The molecule has 0 radical (unpaired) electrons. The van der Waals surface area contributed by atoms with Gasteiger partial charge in [-0.2, -0.15) is 0 Å². The molecule has 0 atom stereocenters. The van der Waals surface area contributed by atoms with E-state index in [1.165, 1.54) is 9.40 Å². The van der Waals surface area contributed by atoms with E-state index in [0.717, 1.165) is 12.4 Å². The average molecular weight is 152 g/mol. The Balaban J connectivity index is 2.43. The summed E-state index contributed by atoms with van der Waals surface area (Å²) in [5, 5.41) is 0. The van der Waals surface area contributed by atoms with E-state index < -0.39 is 0 Å². The van der Waals surface area contributed by atoms with Gasteiger partial charge in [-0.25, -0.2) is 0 Å². The highest BCUT2D eigenvalue weighted by Crippen LogP contribution is 2.34. The Morgan fingerprint density at radius 2 is 2.40 bits per heavy atom. The van der Waals surface area contributed by atoms with Crippen molar-refractivity contribution >= 4 is 20.7 Å². The topological polar surface area (TPSA) is 9.23 Å². The molecule has 0 aromatic carbocycles. The van der Waals surface area contributed by atoms with Gasteiger partial charge in [-0.3, -0.25) is 0 Å². The van der Waals surface area contributed by atoms with Gasteiger partial charge in [-0.1, -0.05) is 0 Å². The van der Waals surface area contributed by atoms with Crippen molar-refractivity contribution in [3.8, 4) is 5.75 Å². The molecular weight excluding hydrogens is 144 g/mol. The van der Waals surface area contributed by atoms with Crippen LogP contribution < -0.4 is 4.74 Å². The second-order valence-electron chi connectivity index (χ2n) is 2.14. The van der Waals surface area contributed by atoms with Crippen molar-refractivity contribution in [3.05, 3.63) is 18.2 Å². The van der Waals surface area contributed by atoms with Crippen LogP contribution in [0.4, 0.5) is 0 Å². The molecule has 0 saturated heterocycles. The molecule has 2 aromatic rings. The maximum Gasteiger partial charge on any atom is 0.137 e. The van der Waals surface area contributed by atoms with Crippen LogP contribution in [0, 0.1) is 0 Å². The third kappa shape index (κ3) is 0.762. The van der Waals surface area contributed by atoms with E-state index in [-0.39, 0.29) is 0 Å². The van der Waals surface area contributed by atoms with Crippen LogP contribution in [0.15, 0.2) is 18.2 Å². The number of benzene rings is 1. The lowest BCUT2D eigenvalue weighted by molar-refractivity contribution is 0.345. The van der Waals surface area contributed by atoms with Crippen LogP contribution in [-0.2, 0) is 0 Å². The maximum atomic E-state index is 5.37. The predicted octanol–water partition coefficient (Wildman–Crippen LogP) is 2.74. The number of rotatable bonds is 2. The fraction of sp³-hybridized carbons (Fsp3) is 0.250. The first-order chi connectivity index (χ1) is 4.90. The number of hydrogen-bond acceptors (Lipinski definition) is 2. The van der Waals surface area contributed by atoms with Gasteiger partial charge >= 0.3 is 0 Å². The number of thiophene rings is 2. The van der Waals surface area contributed by atoms with Crippen molar-refractivity contribution in [1.29, 1.82) is 0 Å². The van der Waals surface area contributed by atoms with Gasteiger partial charge in [0.15, 0.2) is 0 Å². The molecule has 0 spiro atoms. The summed E-state index contributed by atoms with van der Waals surface area (Å²) in [6.07, 6.45) is 0. The van der Waals surface area contributed by atoms with Crippen LogP contribution in [0.25, 0.3) is 9.40 Å². The number of ether oxygens (including phenoxy) is 1. The van der Waals surface area contributed by atoms with Crippen molar-refractivity contribution in [2.45, 2.75) is 6.92 Å². The Hall–Kier alpha value is -0.760. The highest BCUT2D eigenvalue weighted by Gasteiger charge is 2.03. The molecule has 0 unspecified atom stereocenters. The monoisotopic (exact) mass is 152 g/mol. The van der Waals surface area contributed by atoms with Gasteiger partial charge in [-0.05, 0) is 25.1 Å². The molecule has 10 heavy (non-hydrogen) atoms. The summed E-state index contributed by atoms with van der Waals surface area (Å²) in [6, 6.07) is 6.30. The summed E-state index contributed by atoms with van der Waals surface area (Å²) >= 11 is 1.78. The van der Waals surface area contributed by atoms with Crippen LogP contribution in [0.1, 0.15) is 6.92 Å². The minimum Gasteiger partial charge on any atom is -0.492 e. The molecule has 0 saturated carbocycles. The van der Waals surface area contributed by atoms with Crippen molar-refractivity contribution in [1.82, 2.24) is 0 Å². The lowest BCUT2D eigenvalue weighted by atomic mass is 10.3. The third-order valence-electron chi connectivity index (χ3n) is 1.44. The molecule has 2 aromatic heterocycles. The second kappa shape index (κ2) is 2.13. The van der Waals surface area contributed by atoms with Gasteiger partial charge in [0.1, 0.15) is 5.75 Å². The Morgan fingerprint density at radius 1 is 1.50 bits per heavy atom. The van der Waals surface area contributed by atoms with E-state index in [2.05, 4.69) is 18.2 Å². The van der Waals surface area contributed by atoms with Gasteiger partial charge in [0, 0.05) is 4.70 Å². The lowest BCUT2D eigenvalue weighted by Crippen LogP contribution is -1.88. The summed E-state index contributed by atoms with van der Waals surface area (Å²) < 4.78 is 7.93. The van der Waals surface area contributed by atoms with Gasteiger partial charge < -0.3 is 4.74 Å². The van der Waals surface area contributed by atoms with E-state index >= 15 is 0 Å². The van der Waals surface area contributed by atoms with Crippen LogP contribution in [-0.4, -0.2) is 6.61 Å². The van der Waals surface area contributed by atoms with Crippen LogP contribution in [0.5, 0.6) is 5.75 Å². The first-order valence-corrected chi connectivity index (χ1v) is 4.16. The third-order valence-corrected chi connectivity index (χ3v) is 2.49. The molecule has 0 aliphatic heterocycles. The molecule has 0 aliphatic carbocycles. The molecule has 52 valence electrons. The zero-order valence-corrected chi connectivity index (χ0v) is 6.57. The summed E-state index contributed by atoms with van der Waals surface area (Å²) in [4.78, 5) is 0. The van der Waals surface area contributed by atoms with E-state index in [0.29, 0.717) is 0 Å². The largest absolute Gasteiger partial charge is 0.492 e. The molecule has 2 rings (SSSR count). The second-order valence-corrected chi connectivity index (χ2v) is 3.26. The van der Waals surface area contributed by atoms with Gasteiger partial charge in [-0.15, -0.1) is 11.3 Å². The Labute approximate surface area is 63.6 Å². The minimum absolute atomic E-state index is 0.761. The van der Waals surface area contributed by atoms with Gasteiger partial charge in [0.25, 0.3) is 0 Å². The number of hydrogen-bond donors (Lipinski definition) is 0. The zero-order valence-electron chi connectivity index (χ0n) is 5.76. The Morgan fingerprint density at radius 3 is 2.90 bits per heavy atom. The van der Waals surface area contributed by atoms with Crippen LogP contribution in [0.3, 0.4) is 0 Å². The van der Waals surface area contributed by atoms with Crippen molar-refractivity contribution in [2.24, 2.45) is 0 Å². The van der Waals surface area contributed by atoms with Crippen LogP contribution in [0.2, 0.25) is 0 Å². The first-order valence-electron chi connectivity index (χ1n) is 3.35. The summed E-state index contributed by atoms with van der Waals surface area (Å²) in [7, 11) is 0. The summed E-state index contributed by atoms with van der Waals surface area (Å²) in [5.41, 5.74) is 0. The smallest absolute Gasteiger partial charge is 0.137 e. The fourth-order valence-electron chi connectivity index (χ4n) is 1.03. The number of fused-ring (bicyclic) bond motifs is 2. The minimum atomic E-state index is 0.761. The molecule has 0 amide bonds. The van der Waals surface area contributed by atoms with E-state index in [9.17, 15) is 0 Å². The van der Waals surface area contributed by atoms with E-state index in [1.54, 1.807) is 11.3 Å². The van der Waals surface area contributed by atoms with E-state index in [1.807, 2.05) is 6.92 Å². The highest BCUT2D eigenvalue weighted by atomic mass is 32.1. The Kier molecular flexibility index (Phi) is 1.27. The SMILES string of the molecule is CCOc1cc2ccc1s2. The Bertz CT molecular complexity index is 312. The summed E-state index contributed by atoms with van der Waals surface area (Å²) in [6.45, 7) is 2.77. The normalized spacial score (nSPS) is 10.9. The van der Waals surface area contributed by atoms with Crippen molar-refractivity contribution in [3.63, 3.8) is 0 Å². The highest BCUT2D eigenvalue weighted by molar-refractivity contribution is 7.24. The molecule has 2 bridgehead atoms. The van der Waals surface area contributed by atoms with Gasteiger partial charge in [0.2, 0.25) is 0 Å². The van der Waals surface area contributed by atoms with Crippen molar-refractivity contribution in [2.75, 3.05) is 6.61 Å². The quantitative estimate of drug-likeness (QED) is 0.643. The first kappa shape index (κ1) is 5.98. The average Bonchev–Trinajstić information content (AvgIpc) is 2.48. The van der Waals surface area contributed by atoms with Crippen molar-refractivity contribution < 1.29 is 4.74 Å². The molecule has 2 heterocycles.